The minimum absolute atomic E-state index is 0.144. The van der Waals surface area contributed by atoms with Gasteiger partial charge in [-0.25, -0.2) is 0 Å². The first kappa shape index (κ1) is 24.0. The van der Waals surface area contributed by atoms with E-state index in [2.05, 4.69) is 65.4 Å². The molecule has 0 saturated heterocycles. The molecule has 2 aromatic rings. The summed E-state index contributed by atoms with van der Waals surface area (Å²) in [4.78, 5) is 17.6. The average molecular weight is 449 g/mol. The zero-order valence-corrected chi connectivity index (χ0v) is 20.4. The third-order valence-corrected chi connectivity index (χ3v) is 7.89. The van der Waals surface area contributed by atoms with E-state index in [4.69, 9.17) is 5.11 Å². The van der Waals surface area contributed by atoms with Gasteiger partial charge in [0.2, 0.25) is 5.91 Å². The summed E-state index contributed by atoms with van der Waals surface area (Å²) in [5.74, 6) is 1.10. The van der Waals surface area contributed by atoms with Crippen LogP contribution in [0.25, 0.3) is 0 Å². The molecule has 4 nitrogen and oxygen atoms in total. The van der Waals surface area contributed by atoms with E-state index in [0.29, 0.717) is 17.9 Å². The molecule has 1 atom stereocenters. The van der Waals surface area contributed by atoms with Crippen molar-refractivity contribution in [2.75, 3.05) is 27.2 Å². The monoisotopic (exact) mass is 448 g/mol. The van der Waals surface area contributed by atoms with Crippen LogP contribution in [0, 0.1) is 5.92 Å². The molecule has 1 N–H and O–H groups in total. The van der Waals surface area contributed by atoms with Crippen LogP contribution >= 0.6 is 0 Å². The van der Waals surface area contributed by atoms with Crippen molar-refractivity contribution in [2.45, 2.75) is 69.9 Å². The highest BCUT2D eigenvalue weighted by atomic mass is 16.3. The number of carbonyl (C=O) groups excluding carboxylic acids is 1. The van der Waals surface area contributed by atoms with Crippen LogP contribution in [0.15, 0.2) is 48.5 Å². The Morgan fingerprint density at radius 3 is 2.33 bits per heavy atom. The standard InChI is InChI=1S/C29H40N2O2/c1-30(18-5-19-32)21-22-8-10-24(11-9-22)25-14-16-28(17-15-25)31(2)29(33)27-13-12-23-6-3-4-7-26(23)20-27/h3-4,6-11,25,27-28,32H,5,12-21H2,1-2H3/t25-,27?,28-. The van der Waals surface area contributed by atoms with Crippen molar-refractivity contribution >= 4 is 5.91 Å². The van der Waals surface area contributed by atoms with E-state index in [1.54, 1.807) is 0 Å². The largest absolute Gasteiger partial charge is 0.396 e. The molecular weight excluding hydrogens is 408 g/mol. The second-order valence-corrected chi connectivity index (χ2v) is 10.2. The molecular formula is C29H40N2O2. The number of rotatable bonds is 8. The van der Waals surface area contributed by atoms with Gasteiger partial charge in [-0.2, -0.15) is 0 Å². The van der Waals surface area contributed by atoms with Gasteiger partial charge in [0.1, 0.15) is 0 Å². The Morgan fingerprint density at radius 1 is 0.939 bits per heavy atom. The van der Waals surface area contributed by atoms with E-state index in [1.807, 2.05) is 7.05 Å². The zero-order valence-electron chi connectivity index (χ0n) is 20.4. The second kappa shape index (κ2) is 11.3. The minimum Gasteiger partial charge on any atom is -0.396 e. The molecule has 1 fully saturated rings. The Bertz CT molecular complexity index is 902. The van der Waals surface area contributed by atoms with E-state index < -0.39 is 0 Å². The molecule has 2 aliphatic carbocycles. The highest BCUT2D eigenvalue weighted by Gasteiger charge is 2.32. The summed E-state index contributed by atoms with van der Waals surface area (Å²) in [6.07, 6.45) is 8.25. The highest BCUT2D eigenvalue weighted by Crippen LogP contribution is 2.36. The van der Waals surface area contributed by atoms with Gasteiger partial charge in [0.25, 0.3) is 0 Å². The molecule has 33 heavy (non-hydrogen) atoms. The van der Waals surface area contributed by atoms with Crippen molar-refractivity contribution in [2.24, 2.45) is 5.92 Å². The summed E-state index contributed by atoms with van der Waals surface area (Å²) in [6.45, 7) is 2.09. The molecule has 1 saturated carbocycles. The van der Waals surface area contributed by atoms with E-state index in [0.717, 1.165) is 64.5 Å². The molecule has 0 aliphatic heterocycles. The first-order chi connectivity index (χ1) is 16.0. The highest BCUT2D eigenvalue weighted by molar-refractivity contribution is 5.79. The first-order valence-corrected chi connectivity index (χ1v) is 12.8. The Balaban J connectivity index is 1.26. The quantitative estimate of drug-likeness (QED) is 0.631. The number of aliphatic hydroxyl groups is 1. The SMILES string of the molecule is CN(CCCO)Cc1ccc([C@H]2CC[C@H](N(C)C(=O)C3CCc4ccccc4C3)CC2)cc1. The summed E-state index contributed by atoms with van der Waals surface area (Å²) >= 11 is 0. The summed E-state index contributed by atoms with van der Waals surface area (Å²) in [6, 6.07) is 18.1. The van der Waals surface area contributed by atoms with Crippen LogP contribution in [-0.4, -0.2) is 54.1 Å². The van der Waals surface area contributed by atoms with Crippen molar-refractivity contribution < 1.29 is 9.90 Å². The number of carbonyl (C=O) groups is 1. The topological polar surface area (TPSA) is 43.8 Å². The molecule has 4 rings (SSSR count). The molecule has 0 aromatic heterocycles. The zero-order chi connectivity index (χ0) is 23.2. The Morgan fingerprint density at radius 2 is 1.64 bits per heavy atom. The van der Waals surface area contributed by atoms with Crippen LogP contribution in [0.3, 0.4) is 0 Å². The first-order valence-electron chi connectivity index (χ1n) is 12.8. The van der Waals surface area contributed by atoms with E-state index in [1.165, 1.54) is 22.3 Å². The average Bonchev–Trinajstić information content (AvgIpc) is 2.87. The summed E-state index contributed by atoms with van der Waals surface area (Å²) in [5.41, 5.74) is 5.55. The lowest BCUT2D eigenvalue weighted by Gasteiger charge is -2.37. The normalized spacial score (nSPS) is 22.7. The van der Waals surface area contributed by atoms with Gasteiger partial charge in [0.15, 0.2) is 0 Å². The summed E-state index contributed by atoms with van der Waals surface area (Å²) in [7, 11) is 4.14. The number of benzene rings is 2. The van der Waals surface area contributed by atoms with Crippen molar-refractivity contribution in [1.29, 1.82) is 0 Å². The number of aliphatic hydroxyl groups excluding tert-OH is 1. The van der Waals surface area contributed by atoms with Gasteiger partial charge >= 0.3 is 0 Å². The Labute approximate surface area is 199 Å². The van der Waals surface area contributed by atoms with Crippen molar-refractivity contribution in [3.8, 4) is 0 Å². The van der Waals surface area contributed by atoms with Gasteiger partial charge in [-0.1, -0.05) is 48.5 Å². The number of amides is 1. The Kier molecular flexibility index (Phi) is 8.21. The van der Waals surface area contributed by atoms with Crippen molar-refractivity contribution in [3.63, 3.8) is 0 Å². The van der Waals surface area contributed by atoms with Gasteiger partial charge in [-0.3, -0.25) is 4.79 Å². The van der Waals surface area contributed by atoms with Gasteiger partial charge in [-0.15, -0.1) is 0 Å². The molecule has 4 heteroatoms. The third kappa shape index (κ3) is 6.04. The lowest BCUT2D eigenvalue weighted by atomic mass is 9.80. The molecule has 1 unspecified atom stereocenters. The van der Waals surface area contributed by atoms with Crippen LogP contribution in [0.2, 0.25) is 0 Å². The van der Waals surface area contributed by atoms with E-state index in [-0.39, 0.29) is 12.5 Å². The molecule has 0 heterocycles. The number of fused-ring (bicyclic) bond motifs is 1. The lowest BCUT2D eigenvalue weighted by Crippen LogP contribution is -2.43. The molecule has 1 amide bonds. The Hall–Kier alpha value is -2.17. The summed E-state index contributed by atoms with van der Waals surface area (Å²) < 4.78 is 0. The number of hydrogen-bond acceptors (Lipinski definition) is 3. The van der Waals surface area contributed by atoms with Gasteiger partial charge in [0, 0.05) is 38.7 Å². The maximum Gasteiger partial charge on any atom is 0.226 e. The van der Waals surface area contributed by atoms with Crippen LogP contribution in [-0.2, 0) is 24.2 Å². The molecule has 0 spiro atoms. The maximum absolute atomic E-state index is 13.3. The predicted molar refractivity (Wildman–Crippen MR) is 134 cm³/mol. The molecule has 178 valence electrons. The van der Waals surface area contributed by atoms with E-state index in [9.17, 15) is 4.79 Å². The smallest absolute Gasteiger partial charge is 0.226 e. The van der Waals surface area contributed by atoms with Crippen LogP contribution < -0.4 is 0 Å². The molecule has 2 aliphatic rings. The fourth-order valence-electron chi connectivity index (χ4n) is 5.80. The number of nitrogens with zero attached hydrogens (tertiary/aromatic N) is 2. The van der Waals surface area contributed by atoms with Crippen molar-refractivity contribution in [3.05, 3.63) is 70.8 Å². The summed E-state index contributed by atoms with van der Waals surface area (Å²) in [5, 5.41) is 9.00. The third-order valence-electron chi connectivity index (χ3n) is 7.89. The molecule has 0 radical (unpaired) electrons. The van der Waals surface area contributed by atoms with Gasteiger partial charge in [0.05, 0.1) is 0 Å². The van der Waals surface area contributed by atoms with Gasteiger partial charge < -0.3 is 14.9 Å². The van der Waals surface area contributed by atoms with Crippen molar-refractivity contribution in [1.82, 2.24) is 9.80 Å². The fraction of sp³-hybridized carbons (Fsp3) is 0.552. The van der Waals surface area contributed by atoms with Gasteiger partial charge in [-0.05, 0) is 86.6 Å². The number of aryl methyl sites for hydroxylation is 1. The van der Waals surface area contributed by atoms with Crippen LogP contribution in [0.4, 0.5) is 0 Å². The second-order valence-electron chi connectivity index (χ2n) is 10.2. The minimum atomic E-state index is 0.144. The maximum atomic E-state index is 13.3. The fourth-order valence-corrected chi connectivity index (χ4v) is 5.80. The van der Waals surface area contributed by atoms with Crippen LogP contribution in [0.1, 0.15) is 66.7 Å². The lowest BCUT2D eigenvalue weighted by molar-refractivity contribution is -0.137. The van der Waals surface area contributed by atoms with E-state index >= 15 is 0 Å². The predicted octanol–water partition coefficient (Wildman–Crippen LogP) is 4.79. The molecule has 0 bridgehead atoms. The van der Waals surface area contributed by atoms with Crippen LogP contribution in [0.5, 0.6) is 0 Å². The molecule has 2 aromatic carbocycles. The number of hydrogen-bond donors (Lipinski definition) is 1.